The fourth-order valence-corrected chi connectivity index (χ4v) is 1.43. The molecular formula is C8H18N4. The number of hydrogen-bond acceptors (Lipinski definition) is 2. The van der Waals surface area contributed by atoms with E-state index >= 15 is 0 Å². The minimum atomic E-state index is 0.672. The highest BCUT2D eigenvalue weighted by molar-refractivity contribution is 5.77. The molecule has 0 aromatic heterocycles. The third-order valence-corrected chi connectivity index (χ3v) is 2.37. The highest BCUT2D eigenvalue weighted by Crippen LogP contribution is 1.99. The van der Waals surface area contributed by atoms with Crippen LogP contribution in [0.25, 0.3) is 0 Å². The van der Waals surface area contributed by atoms with Crippen LogP contribution < -0.4 is 5.73 Å². The van der Waals surface area contributed by atoms with Crippen molar-refractivity contribution in [2.24, 2.45) is 10.7 Å². The standard InChI is InChI=1S/C8H18N4/c1-3-11-4-6-12(7-5-11)8(9)10-2/h3-7H2,1-2H3,(H2,9,10). The Kier molecular flexibility index (Phi) is 3.34. The minimum Gasteiger partial charge on any atom is -0.370 e. The van der Waals surface area contributed by atoms with Gasteiger partial charge in [0.25, 0.3) is 0 Å². The summed E-state index contributed by atoms with van der Waals surface area (Å²) in [7, 11) is 1.74. The second kappa shape index (κ2) is 4.30. The fraction of sp³-hybridized carbons (Fsp3) is 0.875. The molecule has 2 N–H and O–H groups in total. The zero-order valence-corrected chi connectivity index (χ0v) is 7.95. The molecule has 0 aliphatic carbocycles. The molecule has 1 aliphatic rings. The quantitative estimate of drug-likeness (QED) is 0.429. The van der Waals surface area contributed by atoms with Gasteiger partial charge in [0.2, 0.25) is 0 Å². The number of likely N-dealkylation sites (N-methyl/N-ethyl adjacent to an activating group) is 1. The molecule has 0 spiro atoms. The lowest BCUT2D eigenvalue weighted by Crippen LogP contribution is -2.50. The molecule has 12 heavy (non-hydrogen) atoms. The number of guanidine groups is 1. The van der Waals surface area contributed by atoms with Crippen LogP contribution >= 0.6 is 0 Å². The van der Waals surface area contributed by atoms with Gasteiger partial charge in [0.1, 0.15) is 0 Å². The molecule has 0 unspecified atom stereocenters. The summed E-state index contributed by atoms with van der Waals surface area (Å²) in [6.45, 7) is 7.55. The van der Waals surface area contributed by atoms with Crippen molar-refractivity contribution in [2.75, 3.05) is 39.8 Å². The maximum absolute atomic E-state index is 5.69. The van der Waals surface area contributed by atoms with Gasteiger partial charge in [-0.1, -0.05) is 6.92 Å². The summed E-state index contributed by atoms with van der Waals surface area (Å²) in [5.74, 6) is 0.672. The van der Waals surface area contributed by atoms with Gasteiger partial charge in [-0.25, -0.2) is 0 Å². The predicted octanol–water partition coefficient (Wildman–Crippen LogP) is -0.432. The average molecular weight is 170 g/mol. The van der Waals surface area contributed by atoms with Crippen molar-refractivity contribution < 1.29 is 0 Å². The maximum atomic E-state index is 5.69. The van der Waals surface area contributed by atoms with Crippen LogP contribution in [0.2, 0.25) is 0 Å². The second-order valence-corrected chi connectivity index (χ2v) is 3.00. The Bertz CT molecular complexity index is 158. The van der Waals surface area contributed by atoms with E-state index in [2.05, 4.69) is 21.7 Å². The SMILES string of the molecule is CCN1CCN(C(N)=NC)CC1. The molecule has 1 fully saturated rings. The van der Waals surface area contributed by atoms with Crippen molar-refractivity contribution in [3.63, 3.8) is 0 Å². The van der Waals surface area contributed by atoms with Crippen molar-refractivity contribution in [3.8, 4) is 0 Å². The third kappa shape index (κ3) is 2.11. The Labute approximate surface area is 74.0 Å². The number of nitrogens with zero attached hydrogens (tertiary/aromatic N) is 3. The summed E-state index contributed by atoms with van der Waals surface area (Å²) < 4.78 is 0. The van der Waals surface area contributed by atoms with Crippen molar-refractivity contribution in [3.05, 3.63) is 0 Å². The highest BCUT2D eigenvalue weighted by atomic mass is 15.3. The molecular weight excluding hydrogens is 152 g/mol. The monoisotopic (exact) mass is 170 g/mol. The van der Waals surface area contributed by atoms with Crippen LogP contribution in [-0.2, 0) is 0 Å². The number of rotatable bonds is 1. The predicted molar refractivity (Wildman–Crippen MR) is 51.2 cm³/mol. The first kappa shape index (κ1) is 9.32. The smallest absolute Gasteiger partial charge is 0.191 e. The van der Waals surface area contributed by atoms with Gasteiger partial charge in [0, 0.05) is 33.2 Å². The number of aliphatic imine (C=N–C) groups is 1. The molecule has 1 aliphatic heterocycles. The first-order chi connectivity index (χ1) is 5.77. The van der Waals surface area contributed by atoms with E-state index in [0.717, 1.165) is 32.7 Å². The van der Waals surface area contributed by atoms with E-state index in [9.17, 15) is 0 Å². The lowest BCUT2D eigenvalue weighted by Gasteiger charge is -2.34. The number of piperazine rings is 1. The van der Waals surface area contributed by atoms with Gasteiger partial charge < -0.3 is 15.5 Å². The summed E-state index contributed by atoms with van der Waals surface area (Å²) in [6.07, 6.45) is 0. The topological polar surface area (TPSA) is 44.9 Å². The van der Waals surface area contributed by atoms with E-state index in [-0.39, 0.29) is 0 Å². The Morgan fingerprint density at radius 2 is 1.92 bits per heavy atom. The first-order valence-electron chi connectivity index (χ1n) is 4.47. The number of nitrogens with two attached hydrogens (primary N) is 1. The third-order valence-electron chi connectivity index (χ3n) is 2.37. The lowest BCUT2D eigenvalue weighted by molar-refractivity contribution is 0.189. The lowest BCUT2D eigenvalue weighted by atomic mass is 10.3. The molecule has 0 saturated carbocycles. The van der Waals surface area contributed by atoms with Crippen LogP contribution in [-0.4, -0.2) is 55.5 Å². The largest absolute Gasteiger partial charge is 0.370 e. The molecule has 1 heterocycles. The zero-order valence-electron chi connectivity index (χ0n) is 7.95. The van der Waals surface area contributed by atoms with Crippen molar-refractivity contribution in [1.29, 1.82) is 0 Å². The Morgan fingerprint density at radius 1 is 1.33 bits per heavy atom. The summed E-state index contributed by atoms with van der Waals surface area (Å²) >= 11 is 0. The van der Waals surface area contributed by atoms with Crippen molar-refractivity contribution in [2.45, 2.75) is 6.92 Å². The molecule has 0 bridgehead atoms. The molecule has 0 atom stereocenters. The molecule has 1 saturated heterocycles. The maximum Gasteiger partial charge on any atom is 0.191 e. The average Bonchev–Trinajstić information content (AvgIpc) is 2.17. The van der Waals surface area contributed by atoms with Gasteiger partial charge in [0.05, 0.1) is 0 Å². The first-order valence-corrected chi connectivity index (χ1v) is 4.47. The van der Waals surface area contributed by atoms with Crippen LogP contribution in [0.1, 0.15) is 6.92 Å². The molecule has 0 aromatic carbocycles. The van der Waals surface area contributed by atoms with Crippen LogP contribution in [0.5, 0.6) is 0 Å². The molecule has 0 radical (unpaired) electrons. The summed E-state index contributed by atoms with van der Waals surface area (Å²) in [5, 5.41) is 0. The number of hydrogen-bond donors (Lipinski definition) is 1. The minimum absolute atomic E-state index is 0.672. The van der Waals surface area contributed by atoms with Gasteiger partial charge in [-0.05, 0) is 6.54 Å². The van der Waals surface area contributed by atoms with E-state index in [1.165, 1.54) is 0 Å². The zero-order chi connectivity index (χ0) is 8.97. The van der Waals surface area contributed by atoms with Crippen molar-refractivity contribution in [1.82, 2.24) is 9.80 Å². The molecule has 70 valence electrons. The Balaban J connectivity index is 2.36. The van der Waals surface area contributed by atoms with Gasteiger partial charge >= 0.3 is 0 Å². The van der Waals surface area contributed by atoms with Crippen LogP contribution in [0, 0.1) is 0 Å². The summed E-state index contributed by atoms with van der Waals surface area (Å²) in [4.78, 5) is 8.51. The van der Waals surface area contributed by atoms with E-state index in [1.807, 2.05) is 0 Å². The fourth-order valence-electron chi connectivity index (χ4n) is 1.43. The van der Waals surface area contributed by atoms with Gasteiger partial charge in [-0.3, -0.25) is 4.99 Å². The Hall–Kier alpha value is -0.770. The van der Waals surface area contributed by atoms with E-state index < -0.39 is 0 Å². The molecule has 0 amide bonds. The van der Waals surface area contributed by atoms with E-state index in [4.69, 9.17) is 5.73 Å². The molecule has 1 rings (SSSR count). The summed E-state index contributed by atoms with van der Waals surface area (Å²) in [5.41, 5.74) is 5.69. The van der Waals surface area contributed by atoms with Crippen LogP contribution in [0.3, 0.4) is 0 Å². The van der Waals surface area contributed by atoms with E-state index in [0.29, 0.717) is 5.96 Å². The van der Waals surface area contributed by atoms with Gasteiger partial charge in [-0.15, -0.1) is 0 Å². The molecule has 4 heteroatoms. The van der Waals surface area contributed by atoms with Crippen LogP contribution in [0.4, 0.5) is 0 Å². The second-order valence-electron chi connectivity index (χ2n) is 3.00. The van der Waals surface area contributed by atoms with Crippen molar-refractivity contribution >= 4 is 5.96 Å². The molecule has 0 aromatic rings. The normalized spacial score (nSPS) is 21.5. The van der Waals surface area contributed by atoms with Gasteiger partial charge in [0.15, 0.2) is 5.96 Å². The van der Waals surface area contributed by atoms with Gasteiger partial charge in [-0.2, -0.15) is 0 Å². The molecule has 4 nitrogen and oxygen atoms in total. The summed E-state index contributed by atoms with van der Waals surface area (Å²) in [6, 6.07) is 0. The highest BCUT2D eigenvalue weighted by Gasteiger charge is 2.15. The van der Waals surface area contributed by atoms with Crippen LogP contribution in [0.15, 0.2) is 4.99 Å². The Morgan fingerprint density at radius 3 is 2.33 bits per heavy atom. The van der Waals surface area contributed by atoms with E-state index in [1.54, 1.807) is 7.05 Å².